The molecule has 4 aromatic rings. The predicted molar refractivity (Wildman–Crippen MR) is 142 cm³/mol. The summed E-state index contributed by atoms with van der Waals surface area (Å²) in [7, 11) is 0. The molecule has 0 fully saturated rings. The van der Waals surface area contributed by atoms with E-state index in [9.17, 15) is 10.1 Å². The fraction of sp³-hybridized carbons (Fsp3) is 0.259. The first-order chi connectivity index (χ1) is 17.0. The van der Waals surface area contributed by atoms with E-state index in [4.69, 9.17) is 4.74 Å². The largest absolute Gasteiger partial charge is 0.445 e. The molecular formula is C27H34N6O2. The van der Waals surface area contributed by atoms with Gasteiger partial charge in [-0.1, -0.05) is 30.3 Å². The molecule has 0 saturated carbocycles. The quantitative estimate of drug-likeness (QED) is 0.260. The summed E-state index contributed by atoms with van der Waals surface area (Å²) in [5.74, 6) is 0. The van der Waals surface area contributed by atoms with Crippen LogP contribution in [0.2, 0.25) is 0 Å². The number of nitriles is 1. The van der Waals surface area contributed by atoms with Gasteiger partial charge in [0, 0.05) is 34.6 Å². The number of alkyl carbamates (subject to hydrolysis) is 1. The molecule has 1 amide bonds. The fourth-order valence-electron chi connectivity index (χ4n) is 3.70. The summed E-state index contributed by atoms with van der Waals surface area (Å²) in [6.45, 7) is 5.18. The molecule has 0 unspecified atom stereocenters. The van der Waals surface area contributed by atoms with Crippen LogP contribution in [0, 0.1) is 11.3 Å². The maximum absolute atomic E-state index is 11.9. The summed E-state index contributed by atoms with van der Waals surface area (Å²) in [4.78, 5) is 16.2. The third-order valence-corrected chi connectivity index (χ3v) is 5.76. The van der Waals surface area contributed by atoms with E-state index in [0.717, 1.165) is 33.3 Å². The second-order valence-corrected chi connectivity index (χ2v) is 8.80. The molecule has 2 aromatic carbocycles. The first kappa shape index (κ1) is 23.8. The molecule has 0 saturated heterocycles. The van der Waals surface area contributed by atoms with Gasteiger partial charge in [0.25, 0.3) is 0 Å². The second kappa shape index (κ2) is 10.7. The number of carbonyl (C=O) groups excluding carboxylic acids is 1. The molecule has 0 atom stereocenters. The maximum atomic E-state index is 11.9. The molecule has 8 heteroatoms. The van der Waals surface area contributed by atoms with Crippen LogP contribution in [0.3, 0.4) is 0 Å². The highest BCUT2D eigenvalue weighted by Gasteiger charge is 2.22. The van der Waals surface area contributed by atoms with Crippen molar-refractivity contribution in [1.82, 2.24) is 20.5 Å². The van der Waals surface area contributed by atoms with Crippen LogP contribution in [0.15, 0.2) is 67.0 Å². The predicted octanol–water partition coefficient (Wildman–Crippen LogP) is 5.89. The van der Waals surface area contributed by atoms with Gasteiger partial charge in [0.15, 0.2) is 5.65 Å². The molecule has 0 radical (unpaired) electrons. The number of hydrogen-bond acceptors (Lipinski definition) is 6. The lowest BCUT2D eigenvalue weighted by molar-refractivity contribution is 0.139. The van der Waals surface area contributed by atoms with Gasteiger partial charge in [-0.3, -0.25) is 5.10 Å². The number of fused-ring (bicyclic) bond motifs is 1. The van der Waals surface area contributed by atoms with Gasteiger partial charge in [0.05, 0.1) is 17.7 Å². The van der Waals surface area contributed by atoms with Gasteiger partial charge in [-0.15, -0.1) is 0 Å². The van der Waals surface area contributed by atoms with E-state index >= 15 is 0 Å². The Kier molecular flexibility index (Phi) is 7.27. The average Bonchev–Trinajstić information content (AvgIpc) is 3.37. The summed E-state index contributed by atoms with van der Waals surface area (Å²) < 4.78 is 5.24. The topological polar surface area (TPSA) is 116 Å². The summed E-state index contributed by atoms with van der Waals surface area (Å²) in [5.41, 5.74) is 4.79. The number of nitrogens with one attached hydrogen (secondary N) is 3. The van der Waals surface area contributed by atoms with Crippen LogP contribution < -0.4 is 10.6 Å². The van der Waals surface area contributed by atoms with Crippen molar-refractivity contribution in [3.05, 3.63) is 78.1 Å². The number of rotatable bonds is 9. The Hall–Kier alpha value is -4.38. The Balaban J connectivity index is 0.00000241. The standard InChI is InChI=1S/C27H28N6O2.3H2/c1-27(2,18-28)21-13-20(23-9-12-30-25-24(23)16-32-33-25)14-22(15-21)29-10-6-11-31-26(34)35-17-19-7-4-3-5-8-19;;;/h3-5,7-9,12-16,29H,6,10-11,17H2,1-2H3,(H,31,34)(H,30,32,33);3*1H. The Bertz CT molecular complexity index is 1360. The van der Waals surface area contributed by atoms with Crippen LogP contribution in [0.25, 0.3) is 22.2 Å². The number of H-pyrrole nitrogens is 1. The van der Waals surface area contributed by atoms with Crippen LogP contribution in [0.4, 0.5) is 10.5 Å². The highest BCUT2D eigenvalue weighted by Crippen LogP contribution is 2.33. The zero-order valence-electron chi connectivity index (χ0n) is 19.8. The summed E-state index contributed by atoms with van der Waals surface area (Å²) in [6, 6.07) is 20.0. The average molecular weight is 475 g/mol. The van der Waals surface area contributed by atoms with E-state index in [2.05, 4.69) is 38.0 Å². The Morgan fingerprint density at radius 2 is 2.00 bits per heavy atom. The number of hydrogen-bond donors (Lipinski definition) is 3. The van der Waals surface area contributed by atoms with Gasteiger partial charge in [-0.2, -0.15) is 10.4 Å². The molecule has 8 nitrogen and oxygen atoms in total. The molecule has 35 heavy (non-hydrogen) atoms. The van der Waals surface area contributed by atoms with Crippen molar-refractivity contribution in [3.63, 3.8) is 0 Å². The van der Waals surface area contributed by atoms with E-state index < -0.39 is 11.5 Å². The van der Waals surface area contributed by atoms with Crippen LogP contribution >= 0.6 is 0 Å². The molecule has 0 spiro atoms. The molecule has 3 N–H and O–H groups in total. The first-order valence-electron chi connectivity index (χ1n) is 11.5. The number of aromatic nitrogens is 3. The second-order valence-electron chi connectivity index (χ2n) is 8.80. The summed E-state index contributed by atoms with van der Waals surface area (Å²) >= 11 is 0. The molecular weight excluding hydrogens is 440 g/mol. The van der Waals surface area contributed by atoms with Crippen LogP contribution in [0.1, 0.15) is 35.7 Å². The minimum absolute atomic E-state index is 0. The van der Waals surface area contributed by atoms with Gasteiger partial charge >= 0.3 is 6.09 Å². The van der Waals surface area contributed by atoms with E-state index in [1.54, 1.807) is 12.4 Å². The van der Waals surface area contributed by atoms with E-state index in [0.29, 0.717) is 25.2 Å². The molecule has 0 bridgehead atoms. The smallest absolute Gasteiger partial charge is 0.407 e. The third-order valence-electron chi connectivity index (χ3n) is 5.76. The van der Waals surface area contributed by atoms with E-state index in [1.807, 2.05) is 62.4 Å². The number of nitrogens with zero attached hydrogens (tertiary/aromatic N) is 3. The van der Waals surface area contributed by atoms with Crippen molar-refractivity contribution in [1.29, 1.82) is 5.26 Å². The van der Waals surface area contributed by atoms with Crippen LogP contribution in [-0.4, -0.2) is 34.4 Å². The van der Waals surface area contributed by atoms with Crippen molar-refractivity contribution >= 4 is 22.8 Å². The Morgan fingerprint density at radius 1 is 1.17 bits per heavy atom. The van der Waals surface area contributed by atoms with Crippen molar-refractivity contribution < 1.29 is 13.8 Å². The first-order valence-corrected chi connectivity index (χ1v) is 11.5. The Labute approximate surface area is 208 Å². The molecule has 0 aliphatic rings. The van der Waals surface area contributed by atoms with Gasteiger partial charge in [-0.05, 0) is 66.8 Å². The molecule has 0 aliphatic heterocycles. The zero-order chi connectivity index (χ0) is 24.7. The summed E-state index contributed by atoms with van der Waals surface area (Å²) in [6.07, 6.45) is 3.78. The lowest BCUT2D eigenvalue weighted by atomic mass is 9.84. The molecule has 184 valence electrons. The fourth-order valence-corrected chi connectivity index (χ4v) is 3.70. The van der Waals surface area contributed by atoms with Crippen LogP contribution in [0.5, 0.6) is 0 Å². The normalized spacial score (nSPS) is 11.1. The number of carbonyl (C=O) groups is 1. The third kappa shape index (κ3) is 5.95. The van der Waals surface area contributed by atoms with Gasteiger partial charge in [-0.25, -0.2) is 9.78 Å². The number of ether oxygens (including phenoxy) is 1. The lowest BCUT2D eigenvalue weighted by Crippen LogP contribution is -2.26. The van der Waals surface area contributed by atoms with Crippen molar-refractivity contribution in [2.24, 2.45) is 0 Å². The monoisotopic (exact) mass is 474 g/mol. The van der Waals surface area contributed by atoms with Gasteiger partial charge in [0.1, 0.15) is 6.61 Å². The highest BCUT2D eigenvalue weighted by molar-refractivity contribution is 5.92. The molecule has 2 heterocycles. The maximum Gasteiger partial charge on any atom is 0.407 e. The van der Waals surface area contributed by atoms with E-state index in [-0.39, 0.29) is 10.9 Å². The zero-order valence-corrected chi connectivity index (χ0v) is 19.8. The molecule has 4 rings (SSSR count). The molecule has 0 aliphatic carbocycles. The van der Waals surface area contributed by atoms with E-state index in [1.165, 1.54) is 0 Å². The van der Waals surface area contributed by atoms with Crippen molar-refractivity contribution in [3.8, 4) is 17.2 Å². The highest BCUT2D eigenvalue weighted by atomic mass is 16.5. The van der Waals surface area contributed by atoms with Crippen LogP contribution in [-0.2, 0) is 16.8 Å². The van der Waals surface area contributed by atoms with Crippen molar-refractivity contribution in [2.75, 3.05) is 18.4 Å². The SMILES string of the molecule is CC(C)(C#N)c1cc(NCCCNC(=O)OCc2ccccc2)cc(-c2ccnc3[nH]ncc23)c1.[HH].[HH].[HH]. The number of pyridine rings is 1. The number of aromatic amines is 1. The lowest BCUT2D eigenvalue weighted by Gasteiger charge is -2.20. The van der Waals surface area contributed by atoms with Gasteiger partial charge in [0.2, 0.25) is 0 Å². The summed E-state index contributed by atoms with van der Waals surface area (Å²) in [5, 5.41) is 23.8. The minimum Gasteiger partial charge on any atom is -0.445 e. The number of benzene rings is 2. The Morgan fingerprint density at radius 3 is 2.80 bits per heavy atom. The van der Waals surface area contributed by atoms with Crippen molar-refractivity contribution in [2.45, 2.75) is 32.3 Å². The van der Waals surface area contributed by atoms with Gasteiger partial charge < -0.3 is 15.4 Å². The molecule has 2 aromatic heterocycles. The number of amides is 1. The number of anilines is 1. The minimum atomic E-state index is -0.654.